The summed E-state index contributed by atoms with van der Waals surface area (Å²) < 4.78 is 1.69. The van der Waals surface area contributed by atoms with E-state index in [2.05, 4.69) is 15.7 Å². The third-order valence-corrected chi connectivity index (χ3v) is 4.96. The summed E-state index contributed by atoms with van der Waals surface area (Å²) in [5, 5.41) is 10.4. The molecule has 2 heterocycles. The van der Waals surface area contributed by atoms with E-state index in [1.54, 1.807) is 15.8 Å². The number of amides is 2. The molecule has 3 rings (SSSR count). The Morgan fingerprint density at radius 3 is 2.72 bits per heavy atom. The van der Waals surface area contributed by atoms with Crippen molar-refractivity contribution in [2.75, 3.05) is 36.4 Å². The van der Waals surface area contributed by atoms with Crippen molar-refractivity contribution in [1.29, 1.82) is 0 Å². The molecule has 1 saturated heterocycles. The Bertz CT molecular complexity index is 944. The number of aliphatic imine (C=N–C) groups is 1. The van der Waals surface area contributed by atoms with Crippen LogP contribution in [-0.2, 0) is 23.2 Å². The van der Waals surface area contributed by atoms with Crippen molar-refractivity contribution in [2.24, 2.45) is 12.0 Å². The third kappa shape index (κ3) is 6.94. The maximum Gasteiger partial charge on any atom is 0.246 e. The number of nitrogens with one attached hydrogen (secondary N) is 2. The van der Waals surface area contributed by atoms with Gasteiger partial charge in [0.15, 0.2) is 5.96 Å². The number of aryl methyl sites for hydroxylation is 1. The molecule has 0 aliphatic carbocycles. The Balaban J connectivity index is 0.00000363. The van der Waals surface area contributed by atoms with E-state index in [1.165, 1.54) is 0 Å². The number of hydrogen-bond donors (Lipinski definition) is 2. The summed E-state index contributed by atoms with van der Waals surface area (Å²) >= 11 is 0. The molecule has 9 nitrogen and oxygen atoms in total. The standard InChI is InChI=1S/C22H31N7O2.HI/c1-4-7-20(30)26-18-9-6-8-17(12-18)13-24-22(23-5-2)28-10-11-29(21(31)16-28)19-14-25-27(3)15-19;/h6,8-9,12,14-15H,4-5,7,10-11,13,16H2,1-3H3,(H,23,24)(H,26,30);1H. The summed E-state index contributed by atoms with van der Waals surface area (Å²) in [7, 11) is 1.84. The molecule has 0 saturated carbocycles. The summed E-state index contributed by atoms with van der Waals surface area (Å²) in [6, 6.07) is 7.71. The van der Waals surface area contributed by atoms with Gasteiger partial charge in [-0.2, -0.15) is 5.10 Å². The minimum atomic E-state index is 0. The topological polar surface area (TPSA) is 94.9 Å². The van der Waals surface area contributed by atoms with Crippen molar-refractivity contribution in [3.05, 3.63) is 42.2 Å². The fourth-order valence-electron chi connectivity index (χ4n) is 3.46. The van der Waals surface area contributed by atoms with Gasteiger partial charge in [0.2, 0.25) is 11.8 Å². The highest BCUT2D eigenvalue weighted by Gasteiger charge is 2.27. The first-order valence-electron chi connectivity index (χ1n) is 10.7. The lowest BCUT2D eigenvalue weighted by Crippen LogP contribution is -2.55. The Morgan fingerprint density at radius 2 is 2.06 bits per heavy atom. The molecule has 0 atom stereocenters. The van der Waals surface area contributed by atoms with Crippen molar-refractivity contribution in [2.45, 2.75) is 33.2 Å². The first-order chi connectivity index (χ1) is 15.0. The lowest BCUT2D eigenvalue weighted by Gasteiger charge is -2.35. The highest BCUT2D eigenvalue weighted by atomic mass is 127. The number of guanidine groups is 1. The van der Waals surface area contributed by atoms with Gasteiger partial charge in [-0.25, -0.2) is 4.99 Å². The summed E-state index contributed by atoms with van der Waals surface area (Å²) in [6.45, 7) is 6.67. The van der Waals surface area contributed by atoms with Crippen molar-refractivity contribution in [3.63, 3.8) is 0 Å². The zero-order valence-corrected chi connectivity index (χ0v) is 21.2. The van der Waals surface area contributed by atoms with E-state index < -0.39 is 0 Å². The second-order valence-electron chi connectivity index (χ2n) is 7.51. The Morgan fingerprint density at radius 1 is 1.25 bits per heavy atom. The quantitative estimate of drug-likeness (QED) is 0.313. The Labute approximate surface area is 206 Å². The number of anilines is 2. The van der Waals surface area contributed by atoms with Crippen LogP contribution in [0.4, 0.5) is 11.4 Å². The number of benzene rings is 1. The van der Waals surface area contributed by atoms with E-state index in [9.17, 15) is 9.59 Å². The molecular formula is C22H32IN7O2. The van der Waals surface area contributed by atoms with Crippen molar-refractivity contribution in [1.82, 2.24) is 20.0 Å². The number of carbonyl (C=O) groups excluding carboxylic acids is 2. The summed E-state index contributed by atoms with van der Waals surface area (Å²) in [5.41, 5.74) is 2.58. The highest BCUT2D eigenvalue weighted by molar-refractivity contribution is 14.0. The minimum Gasteiger partial charge on any atom is -0.356 e. The molecule has 1 aromatic carbocycles. The van der Waals surface area contributed by atoms with Crippen LogP contribution in [0, 0.1) is 0 Å². The average Bonchev–Trinajstić information content (AvgIpc) is 3.17. The number of carbonyl (C=O) groups is 2. The molecule has 1 aliphatic rings. The molecule has 0 unspecified atom stereocenters. The van der Waals surface area contributed by atoms with Gasteiger partial charge in [-0.3, -0.25) is 14.3 Å². The second kappa shape index (κ2) is 12.4. The van der Waals surface area contributed by atoms with Gasteiger partial charge >= 0.3 is 0 Å². The average molecular weight is 553 g/mol. The van der Waals surface area contributed by atoms with Crippen LogP contribution in [0.15, 0.2) is 41.7 Å². The molecule has 1 aliphatic heterocycles. The van der Waals surface area contributed by atoms with E-state index in [0.717, 1.165) is 23.4 Å². The molecule has 10 heteroatoms. The zero-order chi connectivity index (χ0) is 22.2. The minimum absolute atomic E-state index is 0. The highest BCUT2D eigenvalue weighted by Crippen LogP contribution is 2.17. The van der Waals surface area contributed by atoms with E-state index in [1.807, 2.05) is 56.3 Å². The first-order valence-corrected chi connectivity index (χ1v) is 10.7. The van der Waals surface area contributed by atoms with Gasteiger partial charge in [-0.1, -0.05) is 19.1 Å². The molecule has 2 N–H and O–H groups in total. The molecule has 1 aromatic heterocycles. The maximum absolute atomic E-state index is 12.7. The van der Waals surface area contributed by atoms with E-state index in [0.29, 0.717) is 38.6 Å². The van der Waals surface area contributed by atoms with E-state index >= 15 is 0 Å². The van der Waals surface area contributed by atoms with Crippen LogP contribution in [0.3, 0.4) is 0 Å². The van der Waals surface area contributed by atoms with Gasteiger partial charge in [0.25, 0.3) is 0 Å². The van der Waals surface area contributed by atoms with Crippen LogP contribution in [0.1, 0.15) is 32.3 Å². The number of rotatable bonds is 7. The van der Waals surface area contributed by atoms with Crippen molar-refractivity contribution in [3.8, 4) is 0 Å². The van der Waals surface area contributed by atoms with Gasteiger partial charge < -0.3 is 20.4 Å². The molecule has 0 spiro atoms. The van der Waals surface area contributed by atoms with Crippen LogP contribution in [0.25, 0.3) is 0 Å². The molecular weight excluding hydrogens is 521 g/mol. The maximum atomic E-state index is 12.7. The predicted molar refractivity (Wildman–Crippen MR) is 137 cm³/mol. The molecule has 0 bridgehead atoms. The third-order valence-electron chi connectivity index (χ3n) is 4.96. The smallest absolute Gasteiger partial charge is 0.246 e. The Hall–Kier alpha value is -2.63. The van der Waals surface area contributed by atoms with Crippen molar-refractivity contribution >= 4 is 53.1 Å². The van der Waals surface area contributed by atoms with Crippen LogP contribution >= 0.6 is 24.0 Å². The van der Waals surface area contributed by atoms with Gasteiger partial charge in [0.05, 0.1) is 18.4 Å². The number of piperazine rings is 1. The van der Waals surface area contributed by atoms with Gasteiger partial charge in [0.1, 0.15) is 6.54 Å². The SMILES string of the molecule is CCCC(=O)Nc1cccc(CN=C(NCC)N2CCN(c3cnn(C)c3)C(=O)C2)c1.I. The van der Waals surface area contributed by atoms with Crippen LogP contribution in [-0.4, -0.2) is 58.6 Å². The summed E-state index contributed by atoms with van der Waals surface area (Å²) in [4.78, 5) is 33.0. The van der Waals surface area contributed by atoms with Gasteiger partial charge in [0, 0.05) is 45.0 Å². The molecule has 0 radical (unpaired) electrons. The van der Waals surface area contributed by atoms with Gasteiger partial charge in [-0.15, -0.1) is 24.0 Å². The molecule has 2 amide bonds. The fraction of sp³-hybridized carbons (Fsp3) is 0.455. The van der Waals surface area contributed by atoms with Crippen LogP contribution in [0.2, 0.25) is 0 Å². The van der Waals surface area contributed by atoms with Crippen molar-refractivity contribution < 1.29 is 9.59 Å². The Kier molecular flexibility index (Phi) is 9.95. The molecule has 174 valence electrons. The largest absolute Gasteiger partial charge is 0.356 e. The summed E-state index contributed by atoms with van der Waals surface area (Å²) in [5.74, 6) is 0.745. The summed E-state index contributed by atoms with van der Waals surface area (Å²) in [6.07, 6.45) is 4.87. The molecule has 2 aromatic rings. The van der Waals surface area contributed by atoms with E-state index in [4.69, 9.17) is 4.99 Å². The predicted octanol–water partition coefficient (Wildman–Crippen LogP) is 2.59. The van der Waals surface area contributed by atoms with Crippen LogP contribution < -0.4 is 15.5 Å². The monoisotopic (exact) mass is 553 g/mol. The first kappa shape index (κ1) is 25.6. The number of halogens is 1. The van der Waals surface area contributed by atoms with E-state index in [-0.39, 0.29) is 42.3 Å². The zero-order valence-electron chi connectivity index (χ0n) is 18.9. The normalized spacial score (nSPS) is 14.2. The number of nitrogens with zero attached hydrogens (tertiary/aromatic N) is 5. The van der Waals surface area contributed by atoms with Gasteiger partial charge in [-0.05, 0) is 31.0 Å². The number of hydrogen-bond acceptors (Lipinski definition) is 4. The molecule has 1 fully saturated rings. The lowest BCUT2D eigenvalue weighted by atomic mass is 10.2. The lowest BCUT2D eigenvalue weighted by molar-refractivity contribution is -0.120. The second-order valence-corrected chi connectivity index (χ2v) is 7.51. The molecule has 32 heavy (non-hydrogen) atoms. The fourth-order valence-corrected chi connectivity index (χ4v) is 3.46. The number of aromatic nitrogens is 2. The van der Waals surface area contributed by atoms with Crippen LogP contribution in [0.5, 0.6) is 0 Å².